The number of benzene rings is 1. The third-order valence-corrected chi connectivity index (χ3v) is 2.36. The number of allylic oxidation sites excluding steroid dienone is 3. The normalized spacial score (nSPS) is 16.1. The van der Waals surface area contributed by atoms with Crippen LogP contribution in [0.15, 0.2) is 42.5 Å². The molecular weight excluding hydrogens is 184 g/mol. The first-order chi connectivity index (χ1) is 7.25. The van der Waals surface area contributed by atoms with E-state index >= 15 is 0 Å². The minimum absolute atomic E-state index is 0.100. The molecule has 0 spiro atoms. The first kappa shape index (κ1) is 11.4. The average Bonchev–Trinajstić information content (AvgIpc) is 2.55. The monoisotopic (exact) mass is 200 g/mol. The lowest BCUT2D eigenvalue weighted by Gasteiger charge is -1.95. The summed E-state index contributed by atoms with van der Waals surface area (Å²) < 4.78 is 0. The van der Waals surface area contributed by atoms with Crippen LogP contribution in [-0.2, 0) is 0 Å². The molecule has 0 saturated carbocycles. The van der Waals surface area contributed by atoms with Crippen LogP contribution in [0, 0.1) is 0 Å². The zero-order valence-corrected chi connectivity index (χ0v) is 9.50. The SMILES string of the molecule is C=C1/C(=C\C)C(=O)c2ccccc21.CC. The Balaban J connectivity index is 0.000000531. The summed E-state index contributed by atoms with van der Waals surface area (Å²) in [6, 6.07) is 7.59. The highest BCUT2D eigenvalue weighted by atomic mass is 16.1. The van der Waals surface area contributed by atoms with Crippen LogP contribution in [0.25, 0.3) is 5.57 Å². The third kappa shape index (κ3) is 1.78. The maximum atomic E-state index is 11.7. The highest BCUT2D eigenvalue weighted by molar-refractivity contribution is 6.26. The van der Waals surface area contributed by atoms with Crippen molar-refractivity contribution in [3.05, 3.63) is 53.6 Å². The van der Waals surface area contributed by atoms with Gasteiger partial charge < -0.3 is 0 Å². The minimum atomic E-state index is 0.100. The first-order valence-electron chi connectivity index (χ1n) is 5.25. The summed E-state index contributed by atoms with van der Waals surface area (Å²) in [5.74, 6) is 0.100. The molecule has 0 heterocycles. The topological polar surface area (TPSA) is 17.1 Å². The Morgan fingerprint density at radius 2 is 1.67 bits per heavy atom. The fourth-order valence-electron chi connectivity index (χ4n) is 1.68. The Morgan fingerprint density at radius 1 is 1.13 bits per heavy atom. The largest absolute Gasteiger partial charge is 0.289 e. The number of hydrogen-bond acceptors (Lipinski definition) is 1. The highest BCUT2D eigenvalue weighted by Crippen LogP contribution is 2.34. The van der Waals surface area contributed by atoms with Gasteiger partial charge in [-0.15, -0.1) is 0 Å². The molecule has 1 aliphatic rings. The number of ketones is 1. The molecule has 1 aromatic carbocycles. The predicted octanol–water partition coefficient (Wildman–Crippen LogP) is 3.87. The van der Waals surface area contributed by atoms with Gasteiger partial charge in [-0.05, 0) is 18.1 Å². The van der Waals surface area contributed by atoms with Crippen molar-refractivity contribution in [3.8, 4) is 0 Å². The van der Waals surface area contributed by atoms with Gasteiger partial charge in [-0.25, -0.2) is 0 Å². The number of rotatable bonds is 0. The van der Waals surface area contributed by atoms with Crippen molar-refractivity contribution in [1.29, 1.82) is 0 Å². The molecule has 0 unspecified atom stereocenters. The lowest BCUT2D eigenvalue weighted by atomic mass is 10.1. The second-order valence-electron chi connectivity index (χ2n) is 3.06. The maximum Gasteiger partial charge on any atom is 0.193 e. The first-order valence-corrected chi connectivity index (χ1v) is 5.25. The second-order valence-corrected chi connectivity index (χ2v) is 3.06. The van der Waals surface area contributed by atoms with Gasteiger partial charge in [-0.3, -0.25) is 4.79 Å². The molecule has 0 radical (unpaired) electrons. The van der Waals surface area contributed by atoms with E-state index in [1.54, 1.807) is 0 Å². The fraction of sp³-hybridized carbons (Fsp3) is 0.214. The average molecular weight is 200 g/mol. The summed E-state index contributed by atoms with van der Waals surface area (Å²) in [5.41, 5.74) is 3.34. The van der Waals surface area contributed by atoms with Gasteiger partial charge in [0.2, 0.25) is 0 Å². The van der Waals surface area contributed by atoms with Gasteiger partial charge >= 0.3 is 0 Å². The molecule has 0 aliphatic heterocycles. The van der Waals surface area contributed by atoms with Crippen LogP contribution in [-0.4, -0.2) is 5.78 Å². The zero-order chi connectivity index (χ0) is 11.4. The van der Waals surface area contributed by atoms with E-state index < -0.39 is 0 Å². The summed E-state index contributed by atoms with van der Waals surface area (Å²) in [6.45, 7) is 9.77. The minimum Gasteiger partial charge on any atom is -0.289 e. The summed E-state index contributed by atoms with van der Waals surface area (Å²) in [4.78, 5) is 11.7. The molecule has 1 aromatic rings. The molecule has 78 valence electrons. The Kier molecular flexibility index (Phi) is 3.62. The van der Waals surface area contributed by atoms with E-state index in [9.17, 15) is 4.79 Å². The Morgan fingerprint density at radius 3 is 2.13 bits per heavy atom. The van der Waals surface area contributed by atoms with Gasteiger partial charge in [0.05, 0.1) is 0 Å². The second kappa shape index (κ2) is 4.74. The molecule has 15 heavy (non-hydrogen) atoms. The molecule has 0 saturated heterocycles. The summed E-state index contributed by atoms with van der Waals surface area (Å²) in [7, 11) is 0. The van der Waals surface area contributed by atoms with E-state index in [2.05, 4.69) is 6.58 Å². The van der Waals surface area contributed by atoms with Crippen LogP contribution in [0.3, 0.4) is 0 Å². The van der Waals surface area contributed by atoms with Crippen LogP contribution in [0.5, 0.6) is 0 Å². The van der Waals surface area contributed by atoms with E-state index in [-0.39, 0.29) is 5.78 Å². The third-order valence-electron chi connectivity index (χ3n) is 2.36. The molecule has 0 aromatic heterocycles. The van der Waals surface area contributed by atoms with E-state index in [4.69, 9.17) is 0 Å². The number of carbonyl (C=O) groups excluding carboxylic acids is 1. The van der Waals surface area contributed by atoms with Crippen LogP contribution in [0.2, 0.25) is 0 Å². The predicted molar refractivity (Wildman–Crippen MR) is 64.9 cm³/mol. The molecule has 1 nitrogen and oxygen atoms in total. The molecule has 2 rings (SSSR count). The highest BCUT2D eigenvalue weighted by Gasteiger charge is 2.26. The molecule has 1 heteroatoms. The van der Waals surface area contributed by atoms with E-state index in [0.717, 1.165) is 22.3 Å². The van der Waals surface area contributed by atoms with E-state index in [0.29, 0.717) is 0 Å². The lowest BCUT2D eigenvalue weighted by Crippen LogP contribution is -1.93. The zero-order valence-electron chi connectivity index (χ0n) is 9.50. The Bertz CT molecular complexity index is 388. The number of fused-ring (bicyclic) bond motifs is 1. The van der Waals surface area contributed by atoms with Crippen molar-refractivity contribution in [2.45, 2.75) is 20.8 Å². The van der Waals surface area contributed by atoms with Crippen molar-refractivity contribution < 1.29 is 4.79 Å². The van der Waals surface area contributed by atoms with Gasteiger partial charge in [-0.2, -0.15) is 0 Å². The molecule has 0 amide bonds. The van der Waals surface area contributed by atoms with Crippen LogP contribution < -0.4 is 0 Å². The quantitative estimate of drug-likeness (QED) is 0.581. The van der Waals surface area contributed by atoms with E-state index in [1.807, 2.05) is 51.1 Å². The maximum absolute atomic E-state index is 11.7. The van der Waals surface area contributed by atoms with Crippen LogP contribution >= 0.6 is 0 Å². The van der Waals surface area contributed by atoms with Crippen molar-refractivity contribution in [2.75, 3.05) is 0 Å². The van der Waals surface area contributed by atoms with Gasteiger partial charge in [-0.1, -0.05) is 50.8 Å². The molecule has 0 N–H and O–H groups in total. The Hall–Kier alpha value is -1.63. The Labute approximate surface area is 91.1 Å². The summed E-state index contributed by atoms with van der Waals surface area (Å²) in [5, 5.41) is 0. The van der Waals surface area contributed by atoms with E-state index in [1.165, 1.54) is 0 Å². The smallest absolute Gasteiger partial charge is 0.193 e. The van der Waals surface area contributed by atoms with Gasteiger partial charge in [0, 0.05) is 11.1 Å². The molecular formula is C14H16O. The number of carbonyl (C=O) groups is 1. The molecule has 1 aliphatic carbocycles. The lowest BCUT2D eigenvalue weighted by molar-refractivity contribution is 0.104. The van der Waals surface area contributed by atoms with Crippen molar-refractivity contribution in [3.63, 3.8) is 0 Å². The molecule has 0 fully saturated rings. The van der Waals surface area contributed by atoms with Crippen molar-refractivity contribution in [1.82, 2.24) is 0 Å². The van der Waals surface area contributed by atoms with Crippen LogP contribution in [0.1, 0.15) is 36.7 Å². The van der Waals surface area contributed by atoms with Crippen molar-refractivity contribution >= 4 is 11.4 Å². The van der Waals surface area contributed by atoms with Crippen molar-refractivity contribution in [2.24, 2.45) is 0 Å². The molecule has 0 atom stereocenters. The summed E-state index contributed by atoms with van der Waals surface area (Å²) >= 11 is 0. The van der Waals surface area contributed by atoms with Gasteiger partial charge in [0.25, 0.3) is 0 Å². The number of Topliss-reactive ketones (excluding diaryl/α,β-unsaturated/α-hetero) is 1. The van der Waals surface area contributed by atoms with Crippen LogP contribution in [0.4, 0.5) is 0 Å². The summed E-state index contributed by atoms with van der Waals surface area (Å²) in [6.07, 6.45) is 1.82. The molecule has 0 bridgehead atoms. The number of hydrogen-bond donors (Lipinski definition) is 0. The van der Waals surface area contributed by atoms with Gasteiger partial charge in [0.15, 0.2) is 5.78 Å². The standard InChI is InChI=1S/C12H10O.C2H6/c1-3-9-8(2)10-6-4-5-7-11(10)12(9)13;1-2/h3-7H,2H2,1H3;1-2H3/b9-3+;. The van der Waals surface area contributed by atoms with Gasteiger partial charge in [0.1, 0.15) is 0 Å². The fourth-order valence-corrected chi connectivity index (χ4v) is 1.68.